The number of unbranched alkanes of at least 4 members (excludes halogenated alkanes) is 8. The van der Waals surface area contributed by atoms with E-state index in [0.29, 0.717) is 13.2 Å². The summed E-state index contributed by atoms with van der Waals surface area (Å²) in [4.78, 5) is 48.2. The number of esters is 4. The summed E-state index contributed by atoms with van der Waals surface area (Å²) in [6.45, 7) is 20.3. The van der Waals surface area contributed by atoms with Crippen molar-refractivity contribution in [3.8, 4) is 0 Å². The van der Waals surface area contributed by atoms with E-state index < -0.39 is 16.6 Å². The maximum atomic E-state index is 13.0. The van der Waals surface area contributed by atoms with Crippen molar-refractivity contribution in [1.29, 1.82) is 0 Å². The van der Waals surface area contributed by atoms with Gasteiger partial charge in [-0.05, 0) is 192 Å². The molecule has 13 nitrogen and oxygen atoms in total. The fourth-order valence-electron chi connectivity index (χ4n) is 10.8. The molecule has 0 saturated heterocycles. The molecule has 4 rings (SSSR count). The zero-order chi connectivity index (χ0) is 51.2. The first-order valence-electron chi connectivity index (χ1n) is 28.4. The third kappa shape index (κ3) is 27.1. The number of hydrogen-bond donors (Lipinski definition) is 0. The Labute approximate surface area is 431 Å². The molecule has 0 aromatic carbocycles. The van der Waals surface area contributed by atoms with Crippen LogP contribution in [-0.4, -0.2) is 117 Å². The lowest BCUT2D eigenvalue weighted by Crippen LogP contribution is -2.44. The highest BCUT2D eigenvalue weighted by molar-refractivity contribution is 6.84. The maximum absolute atomic E-state index is 13.0. The van der Waals surface area contributed by atoms with E-state index in [9.17, 15) is 19.2 Å². The summed E-state index contributed by atoms with van der Waals surface area (Å²) < 4.78 is 53.8. The second-order valence-electron chi connectivity index (χ2n) is 22.2. The molecule has 0 unspecified atom stereocenters. The quantitative estimate of drug-likeness (QED) is 0.0193. The zero-order valence-corrected chi connectivity index (χ0v) is 47.0. The van der Waals surface area contributed by atoms with Crippen LogP contribution in [0.5, 0.6) is 0 Å². The van der Waals surface area contributed by atoms with Crippen molar-refractivity contribution in [3.63, 3.8) is 0 Å². The van der Waals surface area contributed by atoms with Gasteiger partial charge in [-0.3, -0.25) is 9.59 Å². The molecular weight excluding hydrogens is 937 g/mol. The predicted octanol–water partition coefficient (Wildman–Crippen LogP) is 12.4. The van der Waals surface area contributed by atoms with Crippen LogP contribution >= 0.6 is 0 Å². The summed E-state index contributed by atoms with van der Waals surface area (Å²) in [5, 5.41) is 0. The third-order valence-electron chi connectivity index (χ3n) is 15.0. The molecule has 0 bridgehead atoms. The van der Waals surface area contributed by atoms with Crippen molar-refractivity contribution in [1.82, 2.24) is 0 Å². The molecule has 0 spiro atoms. The van der Waals surface area contributed by atoms with Crippen molar-refractivity contribution in [2.75, 3.05) is 39.6 Å². The molecule has 0 atom stereocenters. The van der Waals surface area contributed by atoms with Gasteiger partial charge < -0.3 is 42.0 Å². The summed E-state index contributed by atoms with van der Waals surface area (Å²) >= 11 is 0. The number of rotatable bonds is 36. The number of carbonyl (C=O) groups excluding carboxylic acids is 4. The predicted molar refractivity (Wildman–Crippen MR) is 283 cm³/mol. The van der Waals surface area contributed by atoms with Gasteiger partial charge in [0.1, 0.15) is 12.2 Å². The monoisotopic (exact) mass is 1030 g/mol. The highest BCUT2D eigenvalue weighted by atomic mass is 28.4. The van der Waals surface area contributed by atoms with Crippen LogP contribution in [0.4, 0.5) is 0 Å². The van der Waals surface area contributed by atoms with E-state index in [2.05, 4.69) is 39.3 Å². The van der Waals surface area contributed by atoms with Crippen molar-refractivity contribution < 1.29 is 61.2 Å². The molecule has 4 saturated carbocycles. The highest BCUT2D eigenvalue weighted by Crippen LogP contribution is 2.33. The van der Waals surface area contributed by atoms with Crippen LogP contribution in [0.2, 0.25) is 38.3 Å². The van der Waals surface area contributed by atoms with Crippen LogP contribution < -0.4 is 0 Å². The molecule has 0 N–H and O–H groups in total. The zero-order valence-electron chi connectivity index (χ0n) is 45.0. The second-order valence-corrected chi connectivity index (χ2v) is 31.1. The van der Waals surface area contributed by atoms with Crippen molar-refractivity contribution >= 4 is 40.5 Å². The molecule has 0 amide bonds. The normalized spacial score (nSPS) is 25.2. The van der Waals surface area contributed by atoms with Crippen LogP contribution in [0.3, 0.4) is 0 Å². The minimum atomic E-state index is -1.78. The number of hydrogen-bond acceptors (Lipinski definition) is 13. The van der Waals surface area contributed by atoms with Gasteiger partial charge in [0.25, 0.3) is 0 Å². The van der Waals surface area contributed by atoms with E-state index in [1.54, 1.807) is 0 Å². The molecule has 71 heavy (non-hydrogen) atoms. The smallest absolute Gasteiger partial charge is 0.330 e. The van der Waals surface area contributed by atoms with Crippen LogP contribution in [0.1, 0.15) is 180 Å². The van der Waals surface area contributed by atoms with E-state index in [-0.39, 0.29) is 72.3 Å². The van der Waals surface area contributed by atoms with Gasteiger partial charge in [0, 0.05) is 38.6 Å². The van der Waals surface area contributed by atoms with E-state index in [4.69, 9.17) is 42.0 Å². The molecule has 0 aliphatic heterocycles. The Morgan fingerprint density at radius 1 is 0.380 bits per heavy atom. The Hall–Kier alpha value is -2.41. The van der Waals surface area contributed by atoms with Crippen LogP contribution in [0.15, 0.2) is 25.3 Å². The van der Waals surface area contributed by atoms with Gasteiger partial charge in [-0.2, -0.15) is 0 Å². The van der Waals surface area contributed by atoms with Gasteiger partial charge in [-0.25, -0.2) is 9.59 Å². The lowest BCUT2D eigenvalue weighted by Gasteiger charge is -2.34. The first-order valence-corrected chi connectivity index (χ1v) is 34.6. The molecule has 0 aromatic rings. The van der Waals surface area contributed by atoms with Gasteiger partial charge in [0.2, 0.25) is 0 Å². The molecule has 15 heteroatoms. The Morgan fingerprint density at radius 3 is 0.958 bits per heavy atom. The standard InChI is InChI=1S/C56H98O13Si2/c1-7-53(57)65-41-15-11-9-13-37-61-47-25-21-45(22-26-47)55(59)67-51-33-29-49(30-34-51)63-39-17-19-43-70(3,4)69-71(5,6)44-20-18-40-64-50-31-35-52(36-32-50)68-56(60)46-23-27-48(28-24-46)62-38-14-10-12-16-42-66-54(58)8-2/h7-8,45-52H,1-2,9-44H2,3-6H3. The summed E-state index contributed by atoms with van der Waals surface area (Å²) in [7, 11) is -3.56. The van der Waals surface area contributed by atoms with Crippen LogP contribution in [0, 0.1) is 11.8 Å². The van der Waals surface area contributed by atoms with Crippen molar-refractivity contribution in [3.05, 3.63) is 25.3 Å². The summed E-state index contributed by atoms with van der Waals surface area (Å²) in [6, 6.07) is 2.31. The number of carbonyl (C=O) groups is 4. The van der Waals surface area contributed by atoms with E-state index in [0.717, 1.165) is 218 Å². The van der Waals surface area contributed by atoms with Crippen molar-refractivity contribution in [2.24, 2.45) is 11.8 Å². The minimum absolute atomic E-state index is 0.0103. The molecule has 4 aliphatic rings. The van der Waals surface area contributed by atoms with Gasteiger partial charge in [-0.15, -0.1) is 0 Å². The first kappa shape index (κ1) is 61.1. The van der Waals surface area contributed by atoms with E-state index in [1.807, 2.05) is 0 Å². The molecule has 4 fully saturated rings. The highest BCUT2D eigenvalue weighted by Gasteiger charge is 2.35. The molecule has 4 aliphatic carbocycles. The Morgan fingerprint density at radius 2 is 0.648 bits per heavy atom. The minimum Gasteiger partial charge on any atom is -0.463 e. The number of ether oxygens (including phenoxy) is 8. The maximum Gasteiger partial charge on any atom is 0.330 e. The average Bonchev–Trinajstić information content (AvgIpc) is 3.36. The molecule has 0 radical (unpaired) electrons. The van der Waals surface area contributed by atoms with Gasteiger partial charge >= 0.3 is 23.9 Å². The van der Waals surface area contributed by atoms with Crippen LogP contribution in [-0.2, 0) is 61.2 Å². The SMILES string of the molecule is C=CC(=O)OCCCCCCOC1CCC(C(=O)OC2CCC(OCCCC[Si](C)(C)O[Si](C)(C)CCCCOC3CCC(OC(=O)C4CCC(OCCCCCCOC(=O)C=C)CC4)CC3)CC2)CC1. The van der Waals surface area contributed by atoms with Gasteiger partial charge in [0.15, 0.2) is 16.6 Å². The summed E-state index contributed by atoms with van der Waals surface area (Å²) in [5.41, 5.74) is 0. The third-order valence-corrected chi connectivity index (χ3v) is 22.6. The van der Waals surface area contributed by atoms with Gasteiger partial charge in [0.05, 0.1) is 49.5 Å². The summed E-state index contributed by atoms with van der Waals surface area (Å²) in [6.07, 6.45) is 30.0. The Kier molecular flexibility index (Phi) is 30.1. The summed E-state index contributed by atoms with van der Waals surface area (Å²) in [5.74, 6) is -0.789. The molecule has 0 aromatic heterocycles. The molecular formula is C56H98O13Si2. The lowest BCUT2D eigenvalue weighted by molar-refractivity contribution is -0.160. The molecule has 0 heterocycles. The lowest BCUT2D eigenvalue weighted by atomic mass is 9.87. The Balaban J connectivity index is 0.923. The average molecular weight is 1040 g/mol. The first-order chi connectivity index (χ1) is 34.2. The Bertz CT molecular complexity index is 1400. The van der Waals surface area contributed by atoms with Crippen molar-refractivity contribution in [2.45, 2.75) is 255 Å². The van der Waals surface area contributed by atoms with Gasteiger partial charge in [-0.1, -0.05) is 38.8 Å². The largest absolute Gasteiger partial charge is 0.463 e. The van der Waals surface area contributed by atoms with E-state index >= 15 is 0 Å². The second kappa shape index (κ2) is 35.0. The van der Waals surface area contributed by atoms with E-state index in [1.165, 1.54) is 12.2 Å². The topological polar surface area (TPSA) is 151 Å². The molecule has 408 valence electrons. The fourth-order valence-corrected chi connectivity index (χ4v) is 19.8. The van der Waals surface area contributed by atoms with Crippen LogP contribution in [0.25, 0.3) is 0 Å². The fraction of sp³-hybridized carbons (Fsp3) is 0.857.